The maximum Gasteiger partial charge on any atom is 0.306 e. The number of esters is 1. The Bertz CT molecular complexity index is 917. The monoisotopic (exact) mass is 556 g/mol. The van der Waals surface area contributed by atoms with Crippen LogP contribution >= 0.6 is 0 Å². The molecule has 6 saturated carbocycles. The highest BCUT2D eigenvalue weighted by molar-refractivity contribution is 5.79. The fourth-order valence-electron chi connectivity index (χ4n) is 11.1. The highest BCUT2D eigenvalue weighted by Crippen LogP contribution is 2.67. The molecule has 6 aliphatic rings. The van der Waals surface area contributed by atoms with Gasteiger partial charge in [-0.2, -0.15) is 0 Å². The Kier molecular flexibility index (Phi) is 9.37. The van der Waals surface area contributed by atoms with Crippen molar-refractivity contribution in [3.05, 3.63) is 0 Å². The molecule has 0 aromatic heterocycles. The first-order valence-electron chi connectivity index (χ1n) is 17.0. The summed E-state index contributed by atoms with van der Waals surface area (Å²) in [5.41, 5.74) is 0.663. The molecule has 8 atom stereocenters. The molecule has 0 unspecified atom stereocenters. The molecule has 0 saturated heterocycles. The van der Waals surface area contributed by atoms with E-state index in [1.165, 1.54) is 77.0 Å². The largest absolute Gasteiger partial charge is 0.481 e. The second kappa shape index (κ2) is 12.5. The van der Waals surface area contributed by atoms with Gasteiger partial charge < -0.3 is 9.84 Å². The molecular weight excluding hydrogens is 500 g/mol. The van der Waals surface area contributed by atoms with Gasteiger partial charge in [0, 0.05) is 18.8 Å². The zero-order chi connectivity index (χ0) is 28.5. The fraction of sp³-hybridized carbons (Fsp3) is 0.914. The van der Waals surface area contributed by atoms with Crippen LogP contribution in [-0.2, 0) is 19.1 Å². The molecule has 0 bridgehead atoms. The van der Waals surface area contributed by atoms with Gasteiger partial charge in [0.15, 0.2) is 0 Å². The molecule has 6 aliphatic carbocycles. The molecule has 0 aliphatic heterocycles. The smallest absolute Gasteiger partial charge is 0.306 e. The number of ether oxygens (including phenoxy) is 1. The first-order valence-corrected chi connectivity index (χ1v) is 17.0. The van der Waals surface area contributed by atoms with Crippen molar-refractivity contribution >= 4 is 17.7 Å². The molecule has 0 aromatic carbocycles. The van der Waals surface area contributed by atoms with Crippen LogP contribution in [0.2, 0.25) is 0 Å². The summed E-state index contributed by atoms with van der Waals surface area (Å²) in [5.74, 6) is 4.33. The van der Waals surface area contributed by atoms with Crippen LogP contribution in [0.5, 0.6) is 0 Å². The molecule has 0 spiro atoms. The lowest BCUT2D eigenvalue weighted by Gasteiger charge is -2.61. The summed E-state index contributed by atoms with van der Waals surface area (Å²) in [6.45, 7) is 6.85. The lowest BCUT2D eigenvalue weighted by atomic mass is 9.44. The maximum absolute atomic E-state index is 12.5. The van der Waals surface area contributed by atoms with Crippen LogP contribution in [0.1, 0.15) is 143 Å². The molecule has 0 radical (unpaired) electrons. The SMILES string of the molecule is CC(=O)[C@H]1CC[C@H]2[C@@H]3CC[C@H]4C[C@H](OC(=O)CC5CCCC5)CC[C@]4(C)[C@H]3CC[C@]12C.O=C(O)CC1CCCC1. The number of carboxylic acids is 1. The lowest BCUT2D eigenvalue weighted by molar-refractivity contribution is -0.164. The molecule has 5 heteroatoms. The van der Waals surface area contributed by atoms with Gasteiger partial charge in [-0.05, 0) is 137 Å². The summed E-state index contributed by atoms with van der Waals surface area (Å²) in [4.78, 5) is 35.0. The second-order valence-electron chi connectivity index (χ2n) is 15.4. The van der Waals surface area contributed by atoms with Gasteiger partial charge in [-0.3, -0.25) is 14.4 Å². The molecule has 0 aromatic rings. The maximum atomic E-state index is 12.5. The lowest BCUT2D eigenvalue weighted by Crippen LogP contribution is -2.54. The van der Waals surface area contributed by atoms with E-state index in [2.05, 4.69) is 13.8 Å². The van der Waals surface area contributed by atoms with E-state index < -0.39 is 5.97 Å². The van der Waals surface area contributed by atoms with Crippen LogP contribution in [0, 0.1) is 52.3 Å². The van der Waals surface area contributed by atoms with Crippen LogP contribution in [0.25, 0.3) is 0 Å². The van der Waals surface area contributed by atoms with Crippen LogP contribution < -0.4 is 0 Å². The minimum absolute atomic E-state index is 0.0730. The molecular formula is C35H56O5. The summed E-state index contributed by atoms with van der Waals surface area (Å²) < 4.78 is 6.03. The van der Waals surface area contributed by atoms with E-state index >= 15 is 0 Å². The predicted octanol–water partition coefficient (Wildman–Crippen LogP) is 8.38. The van der Waals surface area contributed by atoms with Crippen molar-refractivity contribution < 1.29 is 24.2 Å². The zero-order valence-electron chi connectivity index (χ0n) is 25.6. The molecule has 0 heterocycles. The van der Waals surface area contributed by atoms with Crippen molar-refractivity contribution in [3.8, 4) is 0 Å². The summed E-state index contributed by atoms with van der Waals surface area (Å²) >= 11 is 0. The number of hydrogen-bond donors (Lipinski definition) is 1. The van der Waals surface area contributed by atoms with Crippen LogP contribution in [0.15, 0.2) is 0 Å². The van der Waals surface area contributed by atoms with Gasteiger partial charge >= 0.3 is 11.9 Å². The van der Waals surface area contributed by atoms with Crippen molar-refractivity contribution in [2.45, 2.75) is 149 Å². The Hall–Kier alpha value is -1.39. The minimum Gasteiger partial charge on any atom is -0.481 e. The van der Waals surface area contributed by atoms with Gasteiger partial charge in [0.25, 0.3) is 0 Å². The number of rotatable bonds is 6. The van der Waals surface area contributed by atoms with E-state index in [4.69, 9.17) is 9.84 Å². The summed E-state index contributed by atoms with van der Waals surface area (Å²) in [6.07, 6.45) is 21.9. The molecule has 226 valence electrons. The average Bonchev–Trinajstić information content (AvgIpc) is 3.66. The van der Waals surface area contributed by atoms with Crippen molar-refractivity contribution in [1.29, 1.82) is 0 Å². The summed E-state index contributed by atoms with van der Waals surface area (Å²) in [6, 6.07) is 0. The first kappa shape index (κ1) is 30.1. The van der Waals surface area contributed by atoms with Gasteiger partial charge in [0.05, 0.1) is 0 Å². The van der Waals surface area contributed by atoms with Crippen molar-refractivity contribution in [3.63, 3.8) is 0 Å². The van der Waals surface area contributed by atoms with Gasteiger partial charge in [-0.25, -0.2) is 0 Å². The predicted molar refractivity (Wildman–Crippen MR) is 157 cm³/mol. The summed E-state index contributed by atoms with van der Waals surface area (Å²) in [7, 11) is 0. The van der Waals surface area contributed by atoms with Crippen molar-refractivity contribution in [2.24, 2.45) is 52.3 Å². The number of aliphatic carboxylic acids is 1. The van der Waals surface area contributed by atoms with Gasteiger partial charge in [-0.1, -0.05) is 39.5 Å². The third kappa shape index (κ3) is 6.19. The third-order valence-corrected chi connectivity index (χ3v) is 13.3. The standard InChI is InChI=1S/C28H44O3.C7H12O2/c1-18(29)23-10-11-24-22-9-8-20-17-21(31-26(30)16-19-6-4-5-7-19)12-14-27(20,2)25(22)13-15-28(23,24)3;8-7(9)5-6-3-1-2-4-6/h19-25H,4-17H2,1-3H3;6H,1-5H2,(H,8,9)/t20-,21+,22-,23+,24-,25-,27-,28+;/m0./s1. The van der Waals surface area contributed by atoms with Gasteiger partial charge in [-0.15, -0.1) is 0 Å². The highest BCUT2D eigenvalue weighted by atomic mass is 16.5. The van der Waals surface area contributed by atoms with Crippen LogP contribution in [-0.4, -0.2) is 28.9 Å². The summed E-state index contributed by atoms with van der Waals surface area (Å²) in [5, 5.41) is 8.37. The molecule has 5 nitrogen and oxygen atoms in total. The molecule has 40 heavy (non-hydrogen) atoms. The van der Waals surface area contributed by atoms with Crippen molar-refractivity contribution in [1.82, 2.24) is 0 Å². The molecule has 1 N–H and O–H groups in total. The van der Waals surface area contributed by atoms with E-state index in [0.717, 1.165) is 49.9 Å². The number of carbonyl (C=O) groups excluding carboxylic acids is 2. The Morgan fingerprint density at radius 2 is 1.32 bits per heavy atom. The second-order valence-corrected chi connectivity index (χ2v) is 15.4. The quantitative estimate of drug-likeness (QED) is 0.332. The number of Topliss-reactive ketones (excluding diaryl/α,β-unsaturated/α-hetero) is 1. The van der Waals surface area contributed by atoms with E-state index in [9.17, 15) is 14.4 Å². The number of fused-ring (bicyclic) bond motifs is 5. The van der Waals surface area contributed by atoms with E-state index in [-0.39, 0.29) is 17.5 Å². The third-order valence-electron chi connectivity index (χ3n) is 13.3. The van der Waals surface area contributed by atoms with Gasteiger partial charge in [0.1, 0.15) is 11.9 Å². The minimum atomic E-state index is -0.637. The van der Waals surface area contributed by atoms with E-state index in [0.29, 0.717) is 47.7 Å². The van der Waals surface area contributed by atoms with Gasteiger partial charge in [0.2, 0.25) is 0 Å². The topological polar surface area (TPSA) is 80.7 Å². The van der Waals surface area contributed by atoms with E-state index in [1.54, 1.807) is 0 Å². The highest BCUT2D eigenvalue weighted by Gasteiger charge is 2.61. The van der Waals surface area contributed by atoms with E-state index in [1.807, 2.05) is 6.92 Å². The normalized spacial score (nSPS) is 41.3. The molecule has 0 amide bonds. The Morgan fingerprint density at radius 3 is 1.95 bits per heavy atom. The number of ketones is 1. The Morgan fingerprint density at radius 1 is 0.725 bits per heavy atom. The Labute approximate surface area is 243 Å². The van der Waals surface area contributed by atoms with Crippen molar-refractivity contribution in [2.75, 3.05) is 0 Å². The average molecular weight is 557 g/mol. The first-order chi connectivity index (χ1) is 19.1. The van der Waals surface area contributed by atoms with Crippen LogP contribution in [0.4, 0.5) is 0 Å². The molecule has 6 rings (SSSR count). The zero-order valence-corrected chi connectivity index (χ0v) is 25.6. The van der Waals surface area contributed by atoms with Crippen LogP contribution in [0.3, 0.4) is 0 Å². The Balaban J connectivity index is 0.000000306. The number of carboxylic acid groups (broad SMARTS) is 1. The number of carbonyl (C=O) groups is 3. The molecule has 6 fully saturated rings. The number of hydrogen-bond acceptors (Lipinski definition) is 4. The fourth-order valence-corrected chi connectivity index (χ4v) is 11.1.